The highest BCUT2D eigenvalue weighted by Crippen LogP contribution is 2.47. The first-order chi connectivity index (χ1) is 16.0. The van der Waals surface area contributed by atoms with Crippen molar-refractivity contribution < 1.29 is 9.09 Å². The average molecular weight is 453 g/mol. The zero-order chi connectivity index (χ0) is 23.0. The molecule has 1 atom stereocenters. The van der Waals surface area contributed by atoms with Gasteiger partial charge in [0.15, 0.2) is 0 Å². The van der Waals surface area contributed by atoms with Crippen molar-refractivity contribution in [2.24, 2.45) is 0 Å². The molecule has 1 aliphatic carbocycles. The SMILES string of the molecule is Cc1cc(C)c(P(=O)(OCCc2cccc3c2Cc2ccccc2-3)c2ccccc2)c(C)c1. The van der Waals surface area contributed by atoms with Crippen LogP contribution in [0, 0.1) is 20.8 Å². The summed E-state index contributed by atoms with van der Waals surface area (Å²) in [7, 11) is -3.23. The molecular formula is C30H29O2P. The van der Waals surface area contributed by atoms with Crippen LogP contribution in [-0.2, 0) is 21.9 Å². The van der Waals surface area contributed by atoms with E-state index in [1.807, 2.05) is 44.2 Å². The smallest absolute Gasteiger partial charge is 0.261 e. The lowest BCUT2D eigenvalue weighted by molar-refractivity contribution is 0.330. The molecule has 166 valence electrons. The highest BCUT2D eigenvalue weighted by molar-refractivity contribution is 7.74. The maximum atomic E-state index is 14.5. The summed E-state index contributed by atoms with van der Waals surface area (Å²) < 4.78 is 20.9. The second kappa shape index (κ2) is 8.78. The van der Waals surface area contributed by atoms with Crippen molar-refractivity contribution >= 4 is 18.0 Å². The van der Waals surface area contributed by atoms with Gasteiger partial charge in [0.25, 0.3) is 7.37 Å². The molecule has 4 aromatic carbocycles. The van der Waals surface area contributed by atoms with Gasteiger partial charge in [-0.15, -0.1) is 0 Å². The van der Waals surface area contributed by atoms with Gasteiger partial charge in [-0.2, -0.15) is 0 Å². The fourth-order valence-corrected chi connectivity index (χ4v) is 7.78. The van der Waals surface area contributed by atoms with Crippen molar-refractivity contribution in [3.63, 3.8) is 0 Å². The molecule has 33 heavy (non-hydrogen) atoms. The van der Waals surface area contributed by atoms with Crippen LogP contribution in [-0.4, -0.2) is 6.61 Å². The van der Waals surface area contributed by atoms with Gasteiger partial charge in [-0.05, 0) is 84.7 Å². The third kappa shape index (κ3) is 3.99. The van der Waals surface area contributed by atoms with E-state index in [2.05, 4.69) is 61.5 Å². The van der Waals surface area contributed by atoms with Crippen LogP contribution >= 0.6 is 7.37 Å². The molecular weight excluding hydrogens is 423 g/mol. The number of fused-ring (bicyclic) bond motifs is 3. The van der Waals surface area contributed by atoms with Gasteiger partial charge in [-0.3, -0.25) is 4.57 Å². The summed E-state index contributed by atoms with van der Waals surface area (Å²) in [6, 6.07) is 29.0. The van der Waals surface area contributed by atoms with Crippen molar-refractivity contribution in [3.05, 3.63) is 118 Å². The quantitative estimate of drug-likeness (QED) is 0.269. The summed E-state index contributed by atoms with van der Waals surface area (Å²) in [5.74, 6) is 0. The predicted molar refractivity (Wildman–Crippen MR) is 138 cm³/mol. The molecule has 0 saturated heterocycles. The fraction of sp³-hybridized carbons (Fsp3) is 0.200. The van der Waals surface area contributed by atoms with Gasteiger partial charge in [-0.25, -0.2) is 0 Å². The Kier molecular flexibility index (Phi) is 5.83. The maximum Gasteiger partial charge on any atom is 0.261 e. The Morgan fingerprint density at radius 2 is 1.45 bits per heavy atom. The van der Waals surface area contributed by atoms with Crippen LogP contribution in [0.5, 0.6) is 0 Å². The molecule has 0 bridgehead atoms. The number of aryl methyl sites for hydroxylation is 3. The molecule has 0 N–H and O–H groups in total. The van der Waals surface area contributed by atoms with E-state index < -0.39 is 7.37 Å². The fourth-order valence-electron chi connectivity index (χ4n) is 5.27. The van der Waals surface area contributed by atoms with Crippen LogP contribution in [0.3, 0.4) is 0 Å². The normalized spacial score (nSPS) is 13.9. The van der Waals surface area contributed by atoms with E-state index in [9.17, 15) is 4.57 Å². The summed E-state index contributed by atoms with van der Waals surface area (Å²) in [5.41, 5.74) is 9.90. The first-order valence-electron chi connectivity index (χ1n) is 11.5. The van der Waals surface area contributed by atoms with E-state index >= 15 is 0 Å². The number of hydrogen-bond donors (Lipinski definition) is 0. The lowest BCUT2D eigenvalue weighted by atomic mass is 9.99. The molecule has 0 aliphatic heterocycles. The minimum absolute atomic E-state index is 0.408. The lowest BCUT2D eigenvalue weighted by Gasteiger charge is -2.24. The van der Waals surface area contributed by atoms with E-state index in [1.54, 1.807) is 0 Å². The Bertz CT molecular complexity index is 1350. The van der Waals surface area contributed by atoms with Gasteiger partial charge in [0.05, 0.1) is 6.61 Å². The van der Waals surface area contributed by atoms with Gasteiger partial charge in [-0.1, -0.05) is 78.4 Å². The Morgan fingerprint density at radius 3 is 2.21 bits per heavy atom. The summed E-state index contributed by atoms with van der Waals surface area (Å²) in [6.45, 7) is 6.56. The van der Waals surface area contributed by atoms with E-state index in [1.165, 1.54) is 33.4 Å². The standard InChI is InChI=1S/C30H29O2P/c1-21-18-22(2)30(23(3)19-21)33(31,26-12-5-4-6-13-26)32-17-16-24-11-9-15-28-27-14-8-7-10-25(27)20-29(24)28/h4-15,18-19H,16-17,20H2,1-3H3. The van der Waals surface area contributed by atoms with Crippen molar-refractivity contribution in [3.8, 4) is 11.1 Å². The van der Waals surface area contributed by atoms with Crippen molar-refractivity contribution in [1.29, 1.82) is 0 Å². The molecule has 0 aromatic heterocycles. The molecule has 1 unspecified atom stereocenters. The maximum absolute atomic E-state index is 14.5. The third-order valence-corrected chi connectivity index (χ3v) is 9.44. The monoisotopic (exact) mass is 452 g/mol. The van der Waals surface area contributed by atoms with Crippen LogP contribution in [0.4, 0.5) is 0 Å². The minimum Gasteiger partial charge on any atom is -0.322 e. The number of benzene rings is 4. The Hall–Kier alpha value is -2.93. The second-order valence-corrected chi connectivity index (χ2v) is 11.3. The molecule has 5 rings (SSSR count). The zero-order valence-electron chi connectivity index (χ0n) is 19.5. The van der Waals surface area contributed by atoms with Crippen LogP contribution in [0.25, 0.3) is 11.1 Å². The Balaban J connectivity index is 1.46. The third-order valence-electron chi connectivity index (χ3n) is 6.62. The average Bonchev–Trinajstić information content (AvgIpc) is 3.19. The number of hydrogen-bond acceptors (Lipinski definition) is 2. The van der Waals surface area contributed by atoms with E-state index in [4.69, 9.17) is 4.52 Å². The van der Waals surface area contributed by atoms with Gasteiger partial charge in [0.2, 0.25) is 0 Å². The lowest BCUT2D eigenvalue weighted by Crippen LogP contribution is -2.23. The molecule has 0 spiro atoms. The Morgan fingerprint density at radius 1 is 0.788 bits per heavy atom. The van der Waals surface area contributed by atoms with E-state index in [0.717, 1.165) is 34.6 Å². The molecule has 0 saturated carbocycles. The van der Waals surface area contributed by atoms with E-state index in [-0.39, 0.29) is 0 Å². The zero-order valence-corrected chi connectivity index (χ0v) is 20.4. The van der Waals surface area contributed by atoms with Gasteiger partial charge >= 0.3 is 0 Å². The summed E-state index contributed by atoms with van der Waals surface area (Å²) in [5, 5.41) is 1.59. The largest absolute Gasteiger partial charge is 0.322 e. The molecule has 1 aliphatic rings. The van der Waals surface area contributed by atoms with Gasteiger partial charge < -0.3 is 4.52 Å². The molecule has 2 nitrogen and oxygen atoms in total. The first kappa shape index (κ1) is 21.9. The van der Waals surface area contributed by atoms with Gasteiger partial charge in [0, 0.05) is 10.6 Å². The van der Waals surface area contributed by atoms with Crippen molar-refractivity contribution in [2.75, 3.05) is 6.61 Å². The summed E-state index contributed by atoms with van der Waals surface area (Å²) in [4.78, 5) is 0. The second-order valence-electron chi connectivity index (χ2n) is 8.99. The van der Waals surface area contributed by atoms with Crippen molar-refractivity contribution in [2.45, 2.75) is 33.6 Å². The molecule has 0 heterocycles. The predicted octanol–water partition coefficient (Wildman–Crippen LogP) is 6.67. The van der Waals surface area contributed by atoms with Crippen molar-refractivity contribution in [1.82, 2.24) is 0 Å². The van der Waals surface area contributed by atoms with Crippen LogP contribution in [0.2, 0.25) is 0 Å². The minimum atomic E-state index is -3.23. The van der Waals surface area contributed by atoms with Crippen LogP contribution < -0.4 is 10.6 Å². The van der Waals surface area contributed by atoms with E-state index in [0.29, 0.717) is 6.61 Å². The topological polar surface area (TPSA) is 26.3 Å². The Labute approximate surface area is 196 Å². The molecule has 3 heteroatoms. The van der Waals surface area contributed by atoms with Crippen LogP contribution in [0.1, 0.15) is 33.4 Å². The van der Waals surface area contributed by atoms with Gasteiger partial charge in [0.1, 0.15) is 0 Å². The van der Waals surface area contributed by atoms with Crippen LogP contribution in [0.15, 0.2) is 84.9 Å². The summed E-state index contributed by atoms with van der Waals surface area (Å²) in [6.07, 6.45) is 1.69. The molecule has 0 radical (unpaired) electrons. The first-order valence-corrected chi connectivity index (χ1v) is 13.2. The molecule has 0 fully saturated rings. The molecule has 0 amide bonds. The highest BCUT2D eigenvalue weighted by atomic mass is 31.2. The number of rotatable bonds is 6. The highest BCUT2D eigenvalue weighted by Gasteiger charge is 2.32. The summed E-state index contributed by atoms with van der Waals surface area (Å²) >= 11 is 0. The molecule has 4 aromatic rings.